The van der Waals surface area contributed by atoms with E-state index >= 15 is 0 Å². The Balaban J connectivity index is 2.77. The van der Waals surface area contributed by atoms with E-state index in [4.69, 9.17) is 16.9 Å². The Bertz CT molecular complexity index is 503. The van der Waals surface area contributed by atoms with Crippen LogP contribution in [0, 0.1) is 11.3 Å². The molecule has 0 amide bonds. The van der Waals surface area contributed by atoms with Gasteiger partial charge < -0.3 is 0 Å². The van der Waals surface area contributed by atoms with Crippen LogP contribution in [0.25, 0.3) is 11.0 Å². The summed E-state index contributed by atoms with van der Waals surface area (Å²) in [6.45, 7) is 0. The molecule has 0 fully saturated rings. The zero-order chi connectivity index (χ0) is 9.26. The fourth-order valence-corrected chi connectivity index (χ4v) is 1.11. The van der Waals surface area contributed by atoms with Gasteiger partial charge in [0.1, 0.15) is 16.7 Å². The van der Waals surface area contributed by atoms with Crippen LogP contribution in [-0.2, 0) is 0 Å². The molecule has 0 aliphatic heterocycles. The van der Waals surface area contributed by atoms with Gasteiger partial charge in [-0.2, -0.15) is 5.26 Å². The second kappa shape index (κ2) is 2.96. The van der Waals surface area contributed by atoms with Crippen molar-refractivity contribution >= 4 is 22.6 Å². The highest BCUT2D eigenvalue weighted by Gasteiger charge is 2.00. The van der Waals surface area contributed by atoms with Crippen LogP contribution in [0.2, 0.25) is 5.15 Å². The lowest BCUT2D eigenvalue weighted by Gasteiger charge is -1.94. The van der Waals surface area contributed by atoms with Crippen molar-refractivity contribution in [2.24, 2.45) is 0 Å². The molecule has 2 rings (SSSR count). The van der Waals surface area contributed by atoms with E-state index in [9.17, 15) is 0 Å². The average molecular weight is 191 g/mol. The molecule has 0 aliphatic rings. The van der Waals surface area contributed by atoms with Crippen molar-refractivity contribution in [3.05, 3.63) is 29.0 Å². The molecule has 0 saturated carbocycles. The lowest BCUT2D eigenvalue weighted by molar-refractivity contribution is 1.04. The monoisotopic (exact) mass is 190 g/mol. The zero-order valence-electron chi connectivity index (χ0n) is 6.40. The molecule has 2 aromatic rings. The topological polar surface area (TPSA) is 62.5 Å². The number of rotatable bonds is 0. The third-order valence-electron chi connectivity index (χ3n) is 1.52. The van der Waals surface area contributed by atoms with Gasteiger partial charge in [-0.1, -0.05) is 11.6 Å². The Kier molecular flexibility index (Phi) is 1.80. The van der Waals surface area contributed by atoms with Crippen LogP contribution in [0.4, 0.5) is 0 Å². The molecule has 0 bridgehead atoms. The summed E-state index contributed by atoms with van der Waals surface area (Å²) < 4.78 is 0. The molecule has 2 heterocycles. The highest BCUT2D eigenvalue weighted by atomic mass is 35.5. The van der Waals surface area contributed by atoms with Gasteiger partial charge in [0.15, 0.2) is 5.69 Å². The molecule has 0 N–H and O–H groups in total. The summed E-state index contributed by atoms with van der Waals surface area (Å²) >= 11 is 5.67. The number of hydrogen-bond donors (Lipinski definition) is 0. The van der Waals surface area contributed by atoms with Crippen molar-refractivity contribution in [3.63, 3.8) is 0 Å². The fraction of sp³-hybridized carbons (Fsp3) is 0. The van der Waals surface area contributed by atoms with E-state index in [0.717, 1.165) is 0 Å². The standard InChI is InChI=1S/C8H3ClN4/c9-8-2-1-6-7(11-8)3-5(4-10)12-13-6/h1-3H. The molecular formula is C8H3ClN4. The Morgan fingerprint density at radius 1 is 1.23 bits per heavy atom. The van der Waals surface area contributed by atoms with Crippen LogP contribution >= 0.6 is 11.6 Å². The molecule has 0 aliphatic carbocycles. The Morgan fingerprint density at radius 3 is 2.85 bits per heavy atom. The minimum Gasteiger partial charge on any atom is -0.234 e. The van der Waals surface area contributed by atoms with Crippen LogP contribution in [0.1, 0.15) is 5.69 Å². The summed E-state index contributed by atoms with van der Waals surface area (Å²) in [7, 11) is 0. The van der Waals surface area contributed by atoms with Gasteiger partial charge in [-0.3, -0.25) is 0 Å². The summed E-state index contributed by atoms with van der Waals surface area (Å²) in [5.41, 5.74) is 1.45. The van der Waals surface area contributed by atoms with E-state index in [1.54, 1.807) is 18.2 Å². The lowest BCUT2D eigenvalue weighted by Crippen LogP contribution is -1.90. The highest BCUT2D eigenvalue weighted by Crippen LogP contribution is 2.12. The van der Waals surface area contributed by atoms with Gasteiger partial charge in [0.05, 0.1) is 5.52 Å². The SMILES string of the molecule is N#Cc1cc2nc(Cl)ccc2nn1. The molecule has 0 unspecified atom stereocenters. The Morgan fingerprint density at radius 2 is 2.08 bits per heavy atom. The predicted molar refractivity (Wildman–Crippen MR) is 47.1 cm³/mol. The van der Waals surface area contributed by atoms with E-state index < -0.39 is 0 Å². The van der Waals surface area contributed by atoms with Crippen molar-refractivity contribution in [1.82, 2.24) is 15.2 Å². The number of nitrogens with zero attached hydrogens (tertiary/aromatic N) is 4. The van der Waals surface area contributed by atoms with Gasteiger partial charge >= 0.3 is 0 Å². The van der Waals surface area contributed by atoms with Crippen molar-refractivity contribution in [1.29, 1.82) is 5.26 Å². The first-order valence-corrected chi connectivity index (χ1v) is 3.87. The van der Waals surface area contributed by atoms with Crippen molar-refractivity contribution < 1.29 is 0 Å². The van der Waals surface area contributed by atoms with Gasteiger partial charge in [-0.15, -0.1) is 10.2 Å². The van der Waals surface area contributed by atoms with Crippen molar-refractivity contribution in [2.45, 2.75) is 0 Å². The largest absolute Gasteiger partial charge is 0.234 e. The molecule has 62 valence electrons. The quantitative estimate of drug-likeness (QED) is 0.592. The maximum Gasteiger partial charge on any atom is 0.165 e. The average Bonchev–Trinajstić information content (AvgIpc) is 2.16. The molecule has 0 aromatic carbocycles. The molecular weight excluding hydrogens is 188 g/mol. The molecule has 0 atom stereocenters. The number of nitriles is 1. The zero-order valence-corrected chi connectivity index (χ0v) is 7.15. The summed E-state index contributed by atoms with van der Waals surface area (Å²) in [6, 6.07) is 6.77. The first-order valence-electron chi connectivity index (χ1n) is 3.50. The Hall–Kier alpha value is -1.73. The van der Waals surface area contributed by atoms with Crippen LogP contribution < -0.4 is 0 Å². The third-order valence-corrected chi connectivity index (χ3v) is 1.73. The summed E-state index contributed by atoms with van der Waals surface area (Å²) in [5, 5.41) is 16.4. The maximum atomic E-state index is 8.55. The number of hydrogen-bond acceptors (Lipinski definition) is 4. The number of aromatic nitrogens is 3. The number of halogens is 1. The first-order chi connectivity index (χ1) is 6.29. The first kappa shape index (κ1) is 7.90. The van der Waals surface area contributed by atoms with E-state index in [1.165, 1.54) is 0 Å². The van der Waals surface area contributed by atoms with Crippen molar-refractivity contribution in [2.75, 3.05) is 0 Å². The molecule has 2 aromatic heterocycles. The summed E-state index contributed by atoms with van der Waals surface area (Å²) in [5.74, 6) is 0. The van der Waals surface area contributed by atoms with Gasteiger partial charge in [0, 0.05) is 6.07 Å². The molecule has 4 nitrogen and oxygen atoms in total. The Labute approximate surface area is 78.8 Å². The number of fused-ring (bicyclic) bond motifs is 1. The molecule has 13 heavy (non-hydrogen) atoms. The van der Waals surface area contributed by atoms with E-state index in [-0.39, 0.29) is 5.69 Å². The van der Waals surface area contributed by atoms with Gasteiger partial charge in [-0.05, 0) is 12.1 Å². The minimum absolute atomic E-state index is 0.238. The van der Waals surface area contributed by atoms with E-state index in [1.807, 2.05) is 6.07 Å². The van der Waals surface area contributed by atoms with Gasteiger partial charge in [0.25, 0.3) is 0 Å². The van der Waals surface area contributed by atoms with Gasteiger partial charge in [-0.25, -0.2) is 4.98 Å². The second-order valence-corrected chi connectivity index (χ2v) is 2.77. The van der Waals surface area contributed by atoms with Gasteiger partial charge in [0.2, 0.25) is 0 Å². The molecule has 0 saturated heterocycles. The molecule has 5 heteroatoms. The maximum absolute atomic E-state index is 8.55. The van der Waals surface area contributed by atoms with Crippen LogP contribution in [0.5, 0.6) is 0 Å². The summed E-state index contributed by atoms with van der Waals surface area (Å²) in [6.07, 6.45) is 0. The minimum atomic E-state index is 0.238. The smallest absolute Gasteiger partial charge is 0.165 e. The fourth-order valence-electron chi connectivity index (χ4n) is 0.954. The lowest BCUT2D eigenvalue weighted by atomic mass is 10.3. The molecule has 0 radical (unpaired) electrons. The highest BCUT2D eigenvalue weighted by molar-refractivity contribution is 6.29. The third kappa shape index (κ3) is 1.42. The predicted octanol–water partition coefficient (Wildman–Crippen LogP) is 1.55. The van der Waals surface area contributed by atoms with E-state index in [2.05, 4.69) is 15.2 Å². The second-order valence-electron chi connectivity index (χ2n) is 2.38. The van der Waals surface area contributed by atoms with Crippen molar-refractivity contribution in [3.8, 4) is 6.07 Å². The molecule has 0 spiro atoms. The van der Waals surface area contributed by atoms with Crippen LogP contribution in [-0.4, -0.2) is 15.2 Å². The van der Waals surface area contributed by atoms with E-state index in [0.29, 0.717) is 16.2 Å². The number of pyridine rings is 1. The summed E-state index contributed by atoms with van der Waals surface area (Å²) in [4.78, 5) is 4.00. The van der Waals surface area contributed by atoms with Crippen LogP contribution in [0.15, 0.2) is 18.2 Å². The normalized spacial score (nSPS) is 9.85. The van der Waals surface area contributed by atoms with Crippen LogP contribution in [0.3, 0.4) is 0 Å².